The van der Waals surface area contributed by atoms with Crippen LogP contribution in [0.5, 0.6) is 0 Å². The van der Waals surface area contributed by atoms with Gasteiger partial charge in [0, 0.05) is 12.6 Å². The molecule has 0 fully saturated rings. The van der Waals surface area contributed by atoms with Gasteiger partial charge in [-0.15, -0.1) is 0 Å². The monoisotopic (exact) mass is 553 g/mol. The highest BCUT2D eigenvalue weighted by Crippen LogP contribution is 2.25. The van der Waals surface area contributed by atoms with Crippen molar-refractivity contribution < 1.29 is 22.4 Å². The first-order chi connectivity index (χ1) is 18.4. The number of anilines is 1. The SMILES string of the molecule is CCC(C)NC(=O)C(C)N(Cc1ccccc1C)C(=O)CN(c1ccc(C)cc1)S(=O)(=O)c1ccc(F)cc1. The van der Waals surface area contributed by atoms with Crippen LogP contribution in [0.3, 0.4) is 0 Å². The molecule has 0 spiro atoms. The van der Waals surface area contributed by atoms with Crippen molar-refractivity contribution in [2.75, 3.05) is 10.8 Å². The molecule has 0 aliphatic carbocycles. The highest BCUT2D eigenvalue weighted by molar-refractivity contribution is 7.92. The second-order valence-corrected chi connectivity index (χ2v) is 11.6. The second kappa shape index (κ2) is 12.9. The van der Waals surface area contributed by atoms with Crippen molar-refractivity contribution in [3.63, 3.8) is 0 Å². The molecular weight excluding hydrogens is 517 g/mol. The fourth-order valence-electron chi connectivity index (χ4n) is 3.99. The largest absolute Gasteiger partial charge is 0.352 e. The van der Waals surface area contributed by atoms with E-state index in [-0.39, 0.29) is 29.1 Å². The third kappa shape index (κ3) is 7.44. The van der Waals surface area contributed by atoms with Gasteiger partial charge < -0.3 is 10.2 Å². The Kier molecular flexibility index (Phi) is 9.86. The van der Waals surface area contributed by atoms with Gasteiger partial charge in [0.1, 0.15) is 18.4 Å². The molecule has 9 heteroatoms. The molecule has 2 atom stereocenters. The molecule has 7 nitrogen and oxygen atoms in total. The van der Waals surface area contributed by atoms with Crippen LogP contribution in [0.25, 0.3) is 0 Å². The molecule has 3 aromatic rings. The first kappa shape index (κ1) is 29.8. The lowest BCUT2D eigenvalue weighted by atomic mass is 10.1. The Morgan fingerprint density at radius 3 is 2.13 bits per heavy atom. The predicted molar refractivity (Wildman–Crippen MR) is 151 cm³/mol. The van der Waals surface area contributed by atoms with E-state index in [2.05, 4.69) is 5.32 Å². The molecule has 2 amide bonds. The zero-order valence-corrected chi connectivity index (χ0v) is 23.8. The number of carbonyl (C=O) groups is 2. The summed E-state index contributed by atoms with van der Waals surface area (Å²) in [6, 6.07) is 17.8. The van der Waals surface area contributed by atoms with E-state index in [1.54, 1.807) is 31.2 Å². The van der Waals surface area contributed by atoms with Crippen LogP contribution in [0.15, 0.2) is 77.7 Å². The lowest BCUT2D eigenvalue weighted by Gasteiger charge is -2.32. The van der Waals surface area contributed by atoms with E-state index in [9.17, 15) is 22.4 Å². The van der Waals surface area contributed by atoms with E-state index in [1.807, 2.05) is 52.0 Å². The molecule has 208 valence electrons. The summed E-state index contributed by atoms with van der Waals surface area (Å²) in [7, 11) is -4.24. The van der Waals surface area contributed by atoms with Gasteiger partial charge in [-0.05, 0) is 81.6 Å². The third-order valence-corrected chi connectivity index (χ3v) is 8.56. The number of hydrogen-bond acceptors (Lipinski definition) is 4. The quantitative estimate of drug-likeness (QED) is 0.363. The number of nitrogens with one attached hydrogen (secondary N) is 1. The zero-order valence-electron chi connectivity index (χ0n) is 23.0. The van der Waals surface area contributed by atoms with Crippen LogP contribution in [0, 0.1) is 19.7 Å². The summed E-state index contributed by atoms with van der Waals surface area (Å²) < 4.78 is 42.1. The minimum atomic E-state index is -4.24. The molecule has 0 radical (unpaired) electrons. The van der Waals surface area contributed by atoms with E-state index < -0.39 is 34.3 Å². The Morgan fingerprint density at radius 2 is 1.54 bits per heavy atom. The molecule has 2 unspecified atom stereocenters. The summed E-state index contributed by atoms with van der Waals surface area (Å²) in [5.41, 5.74) is 2.99. The van der Waals surface area contributed by atoms with E-state index in [1.165, 1.54) is 17.0 Å². The van der Waals surface area contributed by atoms with Gasteiger partial charge in [0.2, 0.25) is 11.8 Å². The molecular formula is C30H36FN3O4S. The van der Waals surface area contributed by atoms with E-state index in [4.69, 9.17) is 0 Å². The fraction of sp³-hybridized carbons (Fsp3) is 0.333. The van der Waals surface area contributed by atoms with Gasteiger partial charge in [-0.25, -0.2) is 12.8 Å². The number of halogens is 1. The second-order valence-electron chi connectivity index (χ2n) is 9.74. The number of rotatable bonds is 11. The minimum Gasteiger partial charge on any atom is -0.352 e. The molecule has 3 aromatic carbocycles. The Labute approximate surface area is 230 Å². The average Bonchev–Trinajstić information content (AvgIpc) is 2.91. The lowest BCUT2D eigenvalue weighted by Crippen LogP contribution is -2.52. The Morgan fingerprint density at radius 1 is 0.923 bits per heavy atom. The van der Waals surface area contributed by atoms with Gasteiger partial charge >= 0.3 is 0 Å². The number of hydrogen-bond donors (Lipinski definition) is 1. The van der Waals surface area contributed by atoms with Gasteiger partial charge in [-0.1, -0.05) is 48.9 Å². The van der Waals surface area contributed by atoms with E-state index >= 15 is 0 Å². The Balaban J connectivity index is 2.03. The maximum absolute atomic E-state index is 13.9. The van der Waals surface area contributed by atoms with Crippen LogP contribution in [-0.4, -0.2) is 43.8 Å². The van der Waals surface area contributed by atoms with Gasteiger partial charge in [-0.3, -0.25) is 13.9 Å². The summed E-state index contributed by atoms with van der Waals surface area (Å²) in [6.07, 6.45) is 0.724. The summed E-state index contributed by atoms with van der Waals surface area (Å²) in [5.74, 6) is -1.44. The first-order valence-corrected chi connectivity index (χ1v) is 14.4. The summed E-state index contributed by atoms with van der Waals surface area (Å²) in [5, 5.41) is 2.92. The van der Waals surface area contributed by atoms with Gasteiger partial charge in [0.05, 0.1) is 10.6 Å². The van der Waals surface area contributed by atoms with E-state index in [0.29, 0.717) is 0 Å². The van der Waals surface area contributed by atoms with Crippen molar-refractivity contribution >= 4 is 27.5 Å². The predicted octanol–water partition coefficient (Wildman–Crippen LogP) is 4.97. The molecule has 39 heavy (non-hydrogen) atoms. The molecule has 1 N–H and O–H groups in total. The van der Waals surface area contributed by atoms with E-state index in [0.717, 1.165) is 39.5 Å². The van der Waals surface area contributed by atoms with Crippen LogP contribution in [0.4, 0.5) is 10.1 Å². The maximum Gasteiger partial charge on any atom is 0.264 e. The van der Waals surface area contributed by atoms with Crippen molar-refractivity contribution in [3.8, 4) is 0 Å². The molecule has 0 aliphatic heterocycles. The van der Waals surface area contributed by atoms with Crippen LogP contribution in [0.1, 0.15) is 43.9 Å². The number of sulfonamides is 1. The van der Waals surface area contributed by atoms with Gasteiger partial charge in [0.25, 0.3) is 10.0 Å². The van der Waals surface area contributed by atoms with Crippen molar-refractivity contribution in [1.82, 2.24) is 10.2 Å². The standard InChI is InChI=1S/C30H36FN3O4S/c1-6-23(4)32-30(36)24(5)33(19-25-10-8-7-9-22(25)3)29(35)20-34(27-15-11-21(2)12-16-27)39(37,38)28-17-13-26(31)14-18-28/h7-18,23-24H,6,19-20H2,1-5H3,(H,32,36). The summed E-state index contributed by atoms with van der Waals surface area (Å²) in [4.78, 5) is 28.3. The summed E-state index contributed by atoms with van der Waals surface area (Å²) >= 11 is 0. The molecule has 0 heterocycles. The fourth-order valence-corrected chi connectivity index (χ4v) is 5.41. The highest BCUT2D eigenvalue weighted by Gasteiger charge is 2.33. The number of aryl methyl sites for hydroxylation is 2. The molecule has 0 aromatic heterocycles. The normalized spacial score (nSPS) is 12.9. The van der Waals surface area contributed by atoms with Crippen LogP contribution < -0.4 is 9.62 Å². The minimum absolute atomic E-state index is 0.0849. The number of carbonyl (C=O) groups excluding carboxylic acids is 2. The lowest BCUT2D eigenvalue weighted by molar-refractivity contribution is -0.139. The van der Waals surface area contributed by atoms with Crippen molar-refractivity contribution in [3.05, 3.63) is 95.3 Å². The Hall–Kier alpha value is -3.72. The van der Waals surface area contributed by atoms with Crippen molar-refractivity contribution in [2.24, 2.45) is 0 Å². The average molecular weight is 554 g/mol. The van der Waals surface area contributed by atoms with Crippen LogP contribution >= 0.6 is 0 Å². The number of amides is 2. The van der Waals surface area contributed by atoms with Crippen molar-refractivity contribution in [2.45, 2.75) is 64.6 Å². The molecule has 0 bridgehead atoms. The number of nitrogens with zero attached hydrogens (tertiary/aromatic N) is 2. The molecule has 0 saturated heterocycles. The van der Waals surface area contributed by atoms with Crippen LogP contribution in [0.2, 0.25) is 0 Å². The Bertz CT molecular complexity index is 1390. The first-order valence-electron chi connectivity index (χ1n) is 12.9. The molecule has 3 rings (SSSR count). The molecule has 0 aliphatic rings. The van der Waals surface area contributed by atoms with Gasteiger partial charge in [-0.2, -0.15) is 0 Å². The van der Waals surface area contributed by atoms with Crippen LogP contribution in [-0.2, 0) is 26.2 Å². The maximum atomic E-state index is 13.9. The number of benzene rings is 3. The highest BCUT2D eigenvalue weighted by atomic mass is 32.2. The topological polar surface area (TPSA) is 86.8 Å². The third-order valence-electron chi connectivity index (χ3n) is 6.77. The zero-order chi connectivity index (χ0) is 28.7. The summed E-state index contributed by atoms with van der Waals surface area (Å²) in [6.45, 7) is 8.83. The smallest absolute Gasteiger partial charge is 0.264 e. The van der Waals surface area contributed by atoms with Gasteiger partial charge in [0.15, 0.2) is 0 Å². The molecule has 0 saturated carbocycles. The van der Waals surface area contributed by atoms with Crippen molar-refractivity contribution in [1.29, 1.82) is 0 Å².